The number of nitrogens with one attached hydrogen (secondary N) is 1. The number of ether oxygens (including phenoxy) is 1. The van der Waals surface area contributed by atoms with Crippen LogP contribution >= 0.6 is 11.8 Å². The molecule has 9 nitrogen and oxygen atoms in total. The number of nitrogens with zero attached hydrogens (tertiary/aromatic N) is 1. The van der Waals surface area contributed by atoms with Crippen molar-refractivity contribution in [2.24, 2.45) is 4.99 Å². The molecule has 2 aromatic rings. The standard InChI is InChI=1S/C20H16N2O7S/c1-10(18(25)26)29-13-4-2-3-11(7-13)8-16-17(24)22-20(30-16)21-12-5-6-15(23)14(9-12)19(27)28/h2-10,23H,1H3,(H,25,26)(H,27,28)(H,21,22,24)/b16-8-. The SMILES string of the molecule is CC(Oc1cccc(/C=C2\SC(=Nc3ccc(O)c(C(=O)O)c3)NC2=O)c1)C(=O)O. The third kappa shape index (κ3) is 4.97. The van der Waals surface area contributed by atoms with E-state index in [-0.39, 0.29) is 28.1 Å². The molecule has 1 unspecified atom stereocenters. The molecule has 2 aromatic carbocycles. The highest BCUT2D eigenvalue weighted by molar-refractivity contribution is 8.18. The number of phenols is 1. The van der Waals surface area contributed by atoms with E-state index >= 15 is 0 Å². The minimum absolute atomic E-state index is 0.250. The summed E-state index contributed by atoms with van der Waals surface area (Å²) in [5.41, 5.74) is 0.587. The molecule has 10 heteroatoms. The number of aromatic carboxylic acids is 1. The maximum atomic E-state index is 12.2. The van der Waals surface area contributed by atoms with Crippen LogP contribution in [0, 0.1) is 0 Å². The molecule has 0 aliphatic carbocycles. The van der Waals surface area contributed by atoms with Crippen LogP contribution in [0.25, 0.3) is 6.08 Å². The van der Waals surface area contributed by atoms with Gasteiger partial charge < -0.3 is 25.4 Å². The predicted octanol–water partition coefficient (Wildman–Crippen LogP) is 2.83. The minimum Gasteiger partial charge on any atom is -0.507 e. The Morgan fingerprint density at radius 2 is 1.97 bits per heavy atom. The summed E-state index contributed by atoms with van der Waals surface area (Å²) in [5, 5.41) is 30.4. The van der Waals surface area contributed by atoms with Crippen LogP contribution in [-0.4, -0.2) is 44.4 Å². The molecule has 1 atom stereocenters. The van der Waals surface area contributed by atoms with Crippen molar-refractivity contribution < 1.29 is 34.4 Å². The molecule has 1 heterocycles. The lowest BCUT2D eigenvalue weighted by Gasteiger charge is -2.10. The van der Waals surface area contributed by atoms with Gasteiger partial charge in [0.05, 0.1) is 10.6 Å². The molecule has 3 rings (SSSR count). The van der Waals surface area contributed by atoms with Gasteiger partial charge in [-0.3, -0.25) is 4.79 Å². The van der Waals surface area contributed by atoms with E-state index in [2.05, 4.69) is 10.3 Å². The largest absolute Gasteiger partial charge is 0.507 e. The van der Waals surface area contributed by atoms with Crippen LogP contribution in [0.3, 0.4) is 0 Å². The van der Waals surface area contributed by atoms with Gasteiger partial charge in [0, 0.05) is 0 Å². The van der Waals surface area contributed by atoms with Crippen LogP contribution in [-0.2, 0) is 9.59 Å². The number of amides is 1. The van der Waals surface area contributed by atoms with Crippen LogP contribution in [0.2, 0.25) is 0 Å². The molecular weight excluding hydrogens is 412 g/mol. The Hall–Kier alpha value is -3.79. The second kappa shape index (κ2) is 8.70. The van der Waals surface area contributed by atoms with Crippen LogP contribution in [0.5, 0.6) is 11.5 Å². The third-order valence-corrected chi connectivity index (χ3v) is 4.82. The highest BCUT2D eigenvalue weighted by atomic mass is 32.2. The molecule has 1 aliphatic heterocycles. The summed E-state index contributed by atoms with van der Waals surface area (Å²) in [4.78, 5) is 38.8. The highest BCUT2D eigenvalue weighted by Gasteiger charge is 2.24. The first-order valence-electron chi connectivity index (χ1n) is 8.58. The predicted molar refractivity (Wildman–Crippen MR) is 110 cm³/mol. The van der Waals surface area contributed by atoms with Crippen molar-refractivity contribution in [2.75, 3.05) is 0 Å². The van der Waals surface area contributed by atoms with Crippen LogP contribution in [0.4, 0.5) is 5.69 Å². The maximum Gasteiger partial charge on any atom is 0.344 e. The van der Waals surface area contributed by atoms with Gasteiger partial charge in [0.2, 0.25) is 0 Å². The Morgan fingerprint density at radius 3 is 2.67 bits per heavy atom. The van der Waals surface area contributed by atoms with Crippen molar-refractivity contribution in [1.82, 2.24) is 5.32 Å². The first-order valence-corrected chi connectivity index (χ1v) is 9.40. The molecule has 30 heavy (non-hydrogen) atoms. The van der Waals surface area contributed by atoms with Crippen molar-refractivity contribution in [1.29, 1.82) is 0 Å². The summed E-state index contributed by atoms with van der Waals surface area (Å²) < 4.78 is 5.32. The molecule has 1 saturated heterocycles. The van der Waals surface area contributed by atoms with E-state index in [0.29, 0.717) is 16.2 Å². The lowest BCUT2D eigenvalue weighted by atomic mass is 10.2. The highest BCUT2D eigenvalue weighted by Crippen LogP contribution is 2.30. The van der Waals surface area contributed by atoms with E-state index in [1.54, 1.807) is 30.3 Å². The number of rotatable bonds is 6. The number of carbonyl (C=O) groups is 3. The quantitative estimate of drug-likeness (QED) is 0.514. The van der Waals surface area contributed by atoms with Crippen LogP contribution < -0.4 is 10.1 Å². The zero-order valence-electron chi connectivity index (χ0n) is 15.5. The lowest BCUT2D eigenvalue weighted by Crippen LogP contribution is -2.22. The fourth-order valence-electron chi connectivity index (χ4n) is 2.45. The average Bonchev–Trinajstić information content (AvgIpc) is 3.02. The number of carbonyl (C=O) groups excluding carboxylic acids is 1. The van der Waals surface area contributed by atoms with Crippen molar-refractivity contribution in [3.63, 3.8) is 0 Å². The molecule has 1 amide bonds. The van der Waals surface area contributed by atoms with Crippen molar-refractivity contribution in [3.05, 3.63) is 58.5 Å². The van der Waals surface area contributed by atoms with Gasteiger partial charge in [-0.25, -0.2) is 14.6 Å². The average molecular weight is 428 g/mol. The number of hydrogen-bond acceptors (Lipinski definition) is 7. The Bertz CT molecular complexity index is 1090. The van der Waals surface area contributed by atoms with E-state index in [4.69, 9.17) is 14.9 Å². The summed E-state index contributed by atoms with van der Waals surface area (Å²) >= 11 is 1.06. The minimum atomic E-state index is -1.29. The van der Waals surface area contributed by atoms with Gasteiger partial charge in [0.25, 0.3) is 5.91 Å². The number of thioether (sulfide) groups is 1. The van der Waals surface area contributed by atoms with Crippen LogP contribution in [0.15, 0.2) is 52.4 Å². The van der Waals surface area contributed by atoms with Gasteiger partial charge >= 0.3 is 11.9 Å². The number of aliphatic carboxylic acids is 1. The second-order valence-corrected chi connectivity index (χ2v) is 7.19. The molecule has 4 N–H and O–H groups in total. The molecule has 0 aromatic heterocycles. The van der Waals surface area contributed by atoms with Crippen molar-refractivity contribution in [2.45, 2.75) is 13.0 Å². The Labute approximate surface area is 174 Å². The van der Waals surface area contributed by atoms with E-state index in [9.17, 15) is 19.5 Å². The Kier molecular flexibility index (Phi) is 6.07. The first-order chi connectivity index (χ1) is 14.2. The van der Waals surface area contributed by atoms with Gasteiger partial charge in [-0.2, -0.15) is 0 Å². The van der Waals surface area contributed by atoms with Gasteiger partial charge in [-0.15, -0.1) is 0 Å². The number of benzene rings is 2. The maximum absolute atomic E-state index is 12.2. The molecule has 0 radical (unpaired) electrons. The van der Waals surface area contributed by atoms with Crippen molar-refractivity contribution >= 4 is 46.5 Å². The van der Waals surface area contributed by atoms with Crippen molar-refractivity contribution in [3.8, 4) is 11.5 Å². The Morgan fingerprint density at radius 1 is 1.20 bits per heavy atom. The summed E-state index contributed by atoms with van der Waals surface area (Å²) in [6.45, 7) is 1.41. The molecule has 1 aliphatic rings. The smallest absolute Gasteiger partial charge is 0.344 e. The number of aromatic hydroxyl groups is 1. The molecule has 154 valence electrons. The van der Waals surface area contributed by atoms with Gasteiger partial charge in [0.15, 0.2) is 11.3 Å². The van der Waals surface area contributed by atoms with Gasteiger partial charge in [0.1, 0.15) is 17.1 Å². The van der Waals surface area contributed by atoms with Gasteiger partial charge in [-0.05, 0) is 60.7 Å². The molecular formula is C20H16N2O7S. The number of aliphatic imine (C=N–C) groups is 1. The summed E-state index contributed by atoms with van der Waals surface area (Å²) in [6.07, 6.45) is 0.581. The van der Waals surface area contributed by atoms with E-state index in [1.165, 1.54) is 25.1 Å². The topological polar surface area (TPSA) is 146 Å². The number of hydrogen-bond donors (Lipinski definition) is 4. The van der Waals surface area contributed by atoms with E-state index in [1.807, 2.05) is 0 Å². The first kappa shape index (κ1) is 20.9. The fourth-order valence-corrected chi connectivity index (χ4v) is 3.29. The molecule has 0 spiro atoms. The van der Waals surface area contributed by atoms with E-state index < -0.39 is 18.0 Å². The lowest BCUT2D eigenvalue weighted by molar-refractivity contribution is -0.144. The summed E-state index contributed by atoms with van der Waals surface area (Å²) in [5.74, 6) is -2.80. The van der Waals surface area contributed by atoms with E-state index in [0.717, 1.165) is 11.8 Å². The Balaban J connectivity index is 1.80. The fraction of sp³-hybridized carbons (Fsp3) is 0.100. The molecule has 0 saturated carbocycles. The second-order valence-electron chi connectivity index (χ2n) is 6.16. The number of amidine groups is 1. The summed E-state index contributed by atoms with van der Waals surface area (Å²) in [7, 11) is 0. The van der Waals surface area contributed by atoms with Gasteiger partial charge in [-0.1, -0.05) is 12.1 Å². The summed E-state index contributed by atoms with van der Waals surface area (Å²) in [6, 6.07) is 10.5. The number of carboxylic acids is 2. The zero-order valence-corrected chi connectivity index (χ0v) is 16.3. The molecule has 0 bridgehead atoms. The third-order valence-electron chi connectivity index (χ3n) is 3.91. The zero-order chi connectivity index (χ0) is 21.8. The van der Waals surface area contributed by atoms with Crippen LogP contribution in [0.1, 0.15) is 22.8 Å². The molecule has 1 fully saturated rings. The monoisotopic (exact) mass is 428 g/mol. The normalized spacial score (nSPS) is 17.0. The number of carboxylic acid groups (broad SMARTS) is 2.